The van der Waals surface area contributed by atoms with Crippen molar-refractivity contribution in [1.29, 1.82) is 0 Å². The van der Waals surface area contributed by atoms with Gasteiger partial charge in [0.15, 0.2) is 5.03 Å². The van der Waals surface area contributed by atoms with E-state index in [1.54, 1.807) is 0 Å². The van der Waals surface area contributed by atoms with Crippen LogP contribution in [-0.2, 0) is 10.0 Å². The summed E-state index contributed by atoms with van der Waals surface area (Å²) in [6.07, 6.45) is -3.99. The number of fused-ring (bicyclic) bond motifs is 1. The molecule has 0 bridgehead atoms. The Labute approximate surface area is 234 Å². The summed E-state index contributed by atoms with van der Waals surface area (Å²) in [5.41, 5.74) is 5.40. The fourth-order valence-electron chi connectivity index (χ4n) is 5.48. The van der Waals surface area contributed by atoms with Gasteiger partial charge in [-0.25, -0.2) is 14.1 Å². The zero-order valence-corrected chi connectivity index (χ0v) is 23.0. The number of carbonyl (C=O) groups excluding carboxylic acids is 1. The molecular weight excluding hydrogens is 564 g/mol. The number of nitrogens with one attached hydrogen (secondary N) is 1. The molecule has 0 saturated heterocycles. The number of carbonyl (C=O) groups is 1. The van der Waals surface area contributed by atoms with Gasteiger partial charge in [0.25, 0.3) is 15.9 Å². The molecule has 1 aromatic carbocycles. The molecule has 2 heterocycles. The molecule has 1 amide bonds. The van der Waals surface area contributed by atoms with Gasteiger partial charge in [-0.2, -0.15) is 21.6 Å². The van der Waals surface area contributed by atoms with Crippen LogP contribution in [0.15, 0.2) is 53.6 Å². The normalized spacial score (nSPS) is 21.9. The van der Waals surface area contributed by atoms with Gasteiger partial charge in [-0.1, -0.05) is 19.9 Å². The molecule has 2 aromatic heterocycles. The number of pyridine rings is 2. The molecule has 2 fully saturated rings. The third-order valence-electron chi connectivity index (χ3n) is 7.33. The van der Waals surface area contributed by atoms with Gasteiger partial charge in [-0.15, -0.1) is 0 Å². The minimum absolute atomic E-state index is 0.0999. The topological polar surface area (TPSA) is 124 Å². The number of sulfonamides is 1. The average Bonchev–Trinajstić information content (AvgIpc) is 3.53. The second-order valence-electron chi connectivity index (χ2n) is 10.9. The molecular formula is C28H28F4N4O4S. The number of amides is 1. The van der Waals surface area contributed by atoms with Gasteiger partial charge < -0.3 is 10.5 Å². The molecule has 2 aliphatic carbocycles. The van der Waals surface area contributed by atoms with Gasteiger partial charge in [0.2, 0.25) is 0 Å². The molecule has 0 radical (unpaired) electrons. The summed E-state index contributed by atoms with van der Waals surface area (Å²) in [5, 5.41) is -0.527. The van der Waals surface area contributed by atoms with Crippen LogP contribution in [0, 0.1) is 29.5 Å². The molecule has 3 aromatic rings. The summed E-state index contributed by atoms with van der Waals surface area (Å²) >= 11 is 0. The zero-order valence-electron chi connectivity index (χ0n) is 22.2. The minimum atomic E-state index is -4.56. The summed E-state index contributed by atoms with van der Waals surface area (Å²) in [6.45, 7) is 4.16. The van der Waals surface area contributed by atoms with Crippen molar-refractivity contribution in [2.45, 2.75) is 43.8 Å². The Kier molecular flexibility index (Phi) is 7.43. The maximum atomic E-state index is 14.5. The van der Waals surface area contributed by atoms with E-state index in [2.05, 4.69) is 9.97 Å². The maximum Gasteiger partial charge on any atom is 0.392 e. The van der Waals surface area contributed by atoms with Crippen molar-refractivity contribution in [2.24, 2.45) is 23.7 Å². The summed E-state index contributed by atoms with van der Waals surface area (Å²) in [6, 6.07) is 10.2. The van der Waals surface area contributed by atoms with Gasteiger partial charge in [-0.05, 0) is 67.0 Å². The van der Waals surface area contributed by atoms with E-state index in [-0.39, 0.29) is 52.3 Å². The van der Waals surface area contributed by atoms with Crippen LogP contribution in [0.2, 0.25) is 0 Å². The van der Waals surface area contributed by atoms with E-state index in [0.29, 0.717) is 13.0 Å². The van der Waals surface area contributed by atoms with Crippen LogP contribution in [0.1, 0.15) is 48.7 Å². The zero-order chi connectivity index (χ0) is 29.7. The lowest BCUT2D eigenvalue weighted by Gasteiger charge is -2.26. The van der Waals surface area contributed by atoms with E-state index in [1.165, 1.54) is 36.4 Å². The van der Waals surface area contributed by atoms with Crippen LogP contribution in [0.25, 0.3) is 11.3 Å². The van der Waals surface area contributed by atoms with Crippen molar-refractivity contribution in [1.82, 2.24) is 14.7 Å². The Morgan fingerprint density at radius 2 is 1.88 bits per heavy atom. The number of ether oxygens (including phenoxy) is 1. The molecule has 0 spiro atoms. The largest absolute Gasteiger partial charge is 0.493 e. The summed E-state index contributed by atoms with van der Waals surface area (Å²) in [5.74, 6) is -5.20. The number of benzene rings is 1. The molecule has 13 heteroatoms. The summed E-state index contributed by atoms with van der Waals surface area (Å²) < 4.78 is 90.3. The number of anilines is 1. The van der Waals surface area contributed by atoms with Crippen molar-refractivity contribution >= 4 is 21.7 Å². The Balaban J connectivity index is 1.56. The van der Waals surface area contributed by atoms with Gasteiger partial charge in [-0.3, -0.25) is 9.78 Å². The van der Waals surface area contributed by atoms with E-state index < -0.39 is 50.7 Å². The van der Waals surface area contributed by atoms with Crippen molar-refractivity contribution in [3.63, 3.8) is 0 Å². The molecule has 41 heavy (non-hydrogen) atoms. The van der Waals surface area contributed by atoms with Gasteiger partial charge in [0.05, 0.1) is 29.5 Å². The van der Waals surface area contributed by atoms with Crippen LogP contribution in [0.4, 0.5) is 23.4 Å². The van der Waals surface area contributed by atoms with Crippen LogP contribution < -0.4 is 15.2 Å². The Hall–Kier alpha value is -3.74. The SMILES string of the molecule is CC(C)COc1cc(F)cc(-c2ccc(C(=O)NS(=O)(=O)c3cccc(N)n3)c(C3CC4CC4C3C(F)(F)F)n2)c1. The first kappa shape index (κ1) is 28.8. The average molecular weight is 593 g/mol. The van der Waals surface area contributed by atoms with Gasteiger partial charge >= 0.3 is 6.18 Å². The lowest BCUT2D eigenvalue weighted by molar-refractivity contribution is -0.182. The smallest absolute Gasteiger partial charge is 0.392 e. The number of hydrogen-bond donors (Lipinski definition) is 2. The number of nitrogens with two attached hydrogens (primary N) is 1. The number of alkyl halides is 3. The predicted octanol–water partition coefficient (Wildman–Crippen LogP) is 5.32. The number of halogens is 4. The first-order valence-corrected chi connectivity index (χ1v) is 14.5. The highest BCUT2D eigenvalue weighted by Crippen LogP contribution is 2.65. The second-order valence-corrected chi connectivity index (χ2v) is 12.5. The highest BCUT2D eigenvalue weighted by molar-refractivity contribution is 7.90. The van der Waals surface area contributed by atoms with Crippen LogP contribution >= 0.6 is 0 Å². The third-order valence-corrected chi connectivity index (χ3v) is 8.56. The quantitative estimate of drug-likeness (QED) is 0.339. The molecule has 4 atom stereocenters. The lowest BCUT2D eigenvalue weighted by Crippen LogP contribution is -2.34. The monoisotopic (exact) mass is 592 g/mol. The molecule has 2 aliphatic rings. The number of nitrogens with zero attached hydrogens (tertiary/aromatic N) is 2. The number of aromatic nitrogens is 2. The first-order chi connectivity index (χ1) is 19.2. The molecule has 3 N–H and O–H groups in total. The highest BCUT2D eigenvalue weighted by Gasteiger charge is 2.63. The molecule has 5 rings (SSSR count). The molecule has 8 nitrogen and oxygen atoms in total. The van der Waals surface area contributed by atoms with E-state index in [1.807, 2.05) is 18.6 Å². The van der Waals surface area contributed by atoms with Gasteiger partial charge in [0.1, 0.15) is 17.4 Å². The Morgan fingerprint density at radius 3 is 2.56 bits per heavy atom. The second kappa shape index (κ2) is 10.6. The van der Waals surface area contributed by atoms with E-state index in [4.69, 9.17) is 10.5 Å². The summed E-state index contributed by atoms with van der Waals surface area (Å²) in [7, 11) is -4.51. The maximum absolute atomic E-state index is 14.5. The number of nitrogen functional groups attached to an aromatic ring is 1. The molecule has 4 unspecified atom stereocenters. The van der Waals surface area contributed by atoms with Crippen LogP contribution in [0.5, 0.6) is 5.75 Å². The fourth-order valence-corrected chi connectivity index (χ4v) is 6.42. The van der Waals surface area contributed by atoms with Crippen molar-refractivity contribution < 1.29 is 35.5 Å². The number of rotatable bonds is 8. The standard InChI is InChI=1S/C28H28F4N4O4S/c1-14(2)13-40-18-9-16(8-17(29)12-18)22-7-6-19(27(37)36-41(38,39)24-5-3-4-23(33)35-24)26(34-22)21-11-15-10-20(15)25(21)28(30,31)32/h3-9,12,14-15,20-21,25H,10-11,13H2,1-2H3,(H2,33,35)(H,36,37). The minimum Gasteiger partial charge on any atom is -0.493 e. The predicted molar refractivity (Wildman–Crippen MR) is 142 cm³/mol. The molecule has 218 valence electrons. The first-order valence-electron chi connectivity index (χ1n) is 13.0. The Morgan fingerprint density at radius 1 is 1.12 bits per heavy atom. The van der Waals surface area contributed by atoms with E-state index in [0.717, 1.165) is 12.1 Å². The van der Waals surface area contributed by atoms with Crippen LogP contribution in [0.3, 0.4) is 0 Å². The molecule has 0 aliphatic heterocycles. The lowest BCUT2D eigenvalue weighted by atomic mass is 9.85. The van der Waals surface area contributed by atoms with Gasteiger partial charge in [0, 0.05) is 17.5 Å². The van der Waals surface area contributed by atoms with E-state index >= 15 is 0 Å². The van der Waals surface area contributed by atoms with E-state index in [9.17, 15) is 30.8 Å². The Bertz CT molecular complexity index is 1600. The van der Waals surface area contributed by atoms with Crippen LogP contribution in [-0.4, -0.2) is 37.1 Å². The fraction of sp³-hybridized carbons (Fsp3) is 0.393. The molecule has 2 saturated carbocycles. The third kappa shape index (κ3) is 6.14. The highest BCUT2D eigenvalue weighted by atomic mass is 32.2. The number of hydrogen-bond acceptors (Lipinski definition) is 7. The summed E-state index contributed by atoms with van der Waals surface area (Å²) in [4.78, 5) is 21.5. The van der Waals surface area contributed by atoms with Crippen molar-refractivity contribution in [3.05, 3.63) is 65.6 Å². The van der Waals surface area contributed by atoms with Crippen molar-refractivity contribution in [2.75, 3.05) is 12.3 Å². The van der Waals surface area contributed by atoms with Crippen molar-refractivity contribution in [3.8, 4) is 17.0 Å².